The van der Waals surface area contributed by atoms with Gasteiger partial charge in [0.15, 0.2) is 11.5 Å². The molecular weight excluding hydrogens is 349 g/mol. The lowest BCUT2D eigenvalue weighted by Gasteiger charge is -2.36. The summed E-state index contributed by atoms with van der Waals surface area (Å²) < 4.78 is 23.6. The minimum absolute atomic E-state index is 0.0187. The minimum atomic E-state index is -0.217. The maximum atomic E-state index is 13.0. The van der Waals surface area contributed by atoms with Crippen LogP contribution in [0.15, 0.2) is 42.5 Å². The van der Waals surface area contributed by atoms with Gasteiger partial charge in [0.1, 0.15) is 5.82 Å². The summed E-state index contributed by atoms with van der Waals surface area (Å²) in [6.07, 6.45) is 0.436. The largest absolute Gasteiger partial charge is 0.454 e. The Balaban J connectivity index is 1.21. The number of carbonyl (C=O) groups excluding carboxylic acids is 1. The first-order valence-electron chi connectivity index (χ1n) is 9.10. The number of fused-ring (bicyclic) bond motifs is 1. The molecule has 6 nitrogen and oxygen atoms in total. The Bertz CT molecular complexity index is 805. The van der Waals surface area contributed by atoms with E-state index in [1.165, 1.54) is 12.1 Å². The fourth-order valence-corrected chi connectivity index (χ4v) is 3.34. The molecular formula is C20H22FN3O3. The third kappa shape index (κ3) is 4.31. The Labute approximate surface area is 157 Å². The second kappa shape index (κ2) is 7.84. The Hall–Kier alpha value is -2.80. The van der Waals surface area contributed by atoms with E-state index in [0.29, 0.717) is 30.2 Å². The topological polar surface area (TPSA) is 54.0 Å². The summed E-state index contributed by atoms with van der Waals surface area (Å²) in [5.74, 6) is 1.12. The van der Waals surface area contributed by atoms with Crippen LogP contribution in [0.5, 0.6) is 11.5 Å². The van der Waals surface area contributed by atoms with Crippen LogP contribution in [-0.4, -0.2) is 50.3 Å². The van der Waals surface area contributed by atoms with Gasteiger partial charge in [-0.05, 0) is 36.4 Å². The predicted molar refractivity (Wildman–Crippen MR) is 101 cm³/mol. The van der Waals surface area contributed by atoms with Gasteiger partial charge in [-0.2, -0.15) is 0 Å². The molecule has 2 heterocycles. The molecule has 2 aliphatic rings. The summed E-state index contributed by atoms with van der Waals surface area (Å²) in [5.41, 5.74) is 1.75. The van der Waals surface area contributed by atoms with Gasteiger partial charge in [-0.3, -0.25) is 9.69 Å². The smallest absolute Gasteiger partial charge is 0.231 e. The number of rotatable bonds is 5. The molecule has 27 heavy (non-hydrogen) atoms. The van der Waals surface area contributed by atoms with Gasteiger partial charge < -0.3 is 19.7 Å². The Morgan fingerprint density at radius 3 is 2.52 bits per heavy atom. The highest BCUT2D eigenvalue weighted by atomic mass is 19.1. The van der Waals surface area contributed by atoms with Gasteiger partial charge in [0.25, 0.3) is 0 Å². The average Bonchev–Trinajstić information content (AvgIpc) is 3.15. The van der Waals surface area contributed by atoms with Crippen LogP contribution in [-0.2, 0) is 4.79 Å². The maximum absolute atomic E-state index is 13.0. The molecule has 0 spiro atoms. The molecule has 1 N–H and O–H groups in total. The Morgan fingerprint density at radius 2 is 1.74 bits per heavy atom. The lowest BCUT2D eigenvalue weighted by atomic mass is 10.2. The Morgan fingerprint density at radius 1 is 1.00 bits per heavy atom. The van der Waals surface area contributed by atoms with Gasteiger partial charge in [-0.1, -0.05) is 0 Å². The molecule has 4 rings (SSSR count). The SMILES string of the molecule is O=C(CCN1CCN(c2ccc(F)cc2)CC1)Nc1ccc2c(c1)OCO2. The van der Waals surface area contributed by atoms with Crippen LogP contribution in [0.3, 0.4) is 0 Å². The molecule has 0 radical (unpaired) electrons. The van der Waals surface area contributed by atoms with Gasteiger partial charge in [-0.25, -0.2) is 4.39 Å². The number of hydrogen-bond donors (Lipinski definition) is 1. The third-order valence-electron chi connectivity index (χ3n) is 4.88. The first-order valence-corrected chi connectivity index (χ1v) is 9.10. The molecule has 0 atom stereocenters. The highest BCUT2D eigenvalue weighted by Gasteiger charge is 2.18. The van der Waals surface area contributed by atoms with E-state index in [0.717, 1.165) is 31.9 Å². The number of hydrogen-bond acceptors (Lipinski definition) is 5. The standard InChI is InChI=1S/C20H22FN3O3/c21-15-1-4-17(5-2-15)24-11-9-23(10-12-24)8-7-20(25)22-16-3-6-18-19(13-16)27-14-26-18/h1-6,13H,7-12,14H2,(H,22,25). The summed E-state index contributed by atoms with van der Waals surface area (Å²) in [4.78, 5) is 16.7. The van der Waals surface area contributed by atoms with Crippen LogP contribution in [0.2, 0.25) is 0 Å². The van der Waals surface area contributed by atoms with Gasteiger partial charge >= 0.3 is 0 Å². The first kappa shape index (κ1) is 17.6. The van der Waals surface area contributed by atoms with Gasteiger partial charge in [-0.15, -0.1) is 0 Å². The molecule has 2 aliphatic heterocycles. The molecule has 142 valence electrons. The number of nitrogens with one attached hydrogen (secondary N) is 1. The summed E-state index contributed by atoms with van der Waals surface area (Å²) in [6, 6.07) is 12.0. The second-order valence-corrected chi connectivity index (χ2v) is 6.67. The van der Waals surface area contributed by atoms with Crippen molar-refractivity contribution in [1.29, 1.82) is 0 Å². The van der Waals surface area contributed by atoms with Gasteiger partial charge in [0.05, 0.1) is 0 Å². The number of nitrogens with zero attached hydrogens (tertiary/aromatic N) is 2. The van der Waals surface area contributed by atoms with E-state index in [2.05, 4.69) is 15.1 Å². The molecule has 0 bridgehead atoms. The van der Waals surface area contributed by atoms with Crippen molar-refractivity contribution in [2.24, 2.45) is 0 Å². The zero-order valence-corrected chi connectivity index (χ0v) is 15.0. The number of carbonyl (C=O) groups is 1. The van der Waals surface area contributed by atoms with Crippen LogP contribution in [0.1, 0.15) is 6.42 Å². The van der Waals surface area contributed by atoms with Crippen molar-refractivity contribution in [1.82, 2.24) is 4.90 Å². The van der Waals surface area contributed by atoms with Crippen LogP contribution in [0.4, 0.5) is 15.8 Å². The monoisotopic (exact) mass is 371 g/mol. The molecule has 0 aliphatic carbocycles. The number of ether oxygens (including phenoxy) is 2. The van der Waals surface area contributed by atoms with Gasteiger partial charge in [0.2, 0.25) is 12.7 Å². The highest BCUT2D eigenvalue weighted by Crippen LogP contribution is 2.34. The number of piperazine rings is 1. The predicted octanol–water partition coefficient (Wildman–Crippen LogP) is 2.71. The molecule has 1 amide bonds. The number of benzene rings is 2. The van der Waals surface area contributed by atoms with Gasteiger partial charge in [0, 0.05) is 56.6 Å². The first-order chi connectivity index (χ1) is 13.2. The number of halogens is 1. The fourth-order valence-electron chi connectivity index (χ4n) is 3.34. The minimum Gasteiger partial charge on any atom is -0.454 e. The van der Waals surface area contributed by atoms with E-state index in [-0.39, 0.29) is 18.5 Å². The average molecular weight is 371 g/mol. The second-order valence-electron chi connectivity index (χ2n) is 6.67. The number of amides is 1. The molecule has 2 aromatic rings. The molecule has 0 saturated carbocycles. The van der Waals surface area contributed by atoms with Crippen LogP contribution in [0, 0.1) is 5.82 Å². The molecule has 7 heteroatoms. The van der Waals surface area contributed by atoms with E-state index in [9.17, 15) is 9.18 Å². The molecule has 1 fully saturated rings. The zero-order valence-electron chi connectivity index (χ0n) is 15.0. The van der Waals surface area contributed by atoms with Crippen LogP contribution >= 0.6 is 0 Å². The lowest BCUT2D eigenvalue weighted by molar-refractivity contribution is -0.116. The zero-order chi connectivity index (χ0) is 18.6. The van der Waals surface area contributed by atoms with Crippen molar-refractivity contribution < 1.29 is 18.7 Å². The Kier molecular flexibility index (Phi) is 5.11. The van der Waals surface area contributed by atoms with Crippen molar-refractivity contribution in [3.8, 4) is 11.5 Å². The van der Waals surface area contributed by atoms with E-state index in [1.54, 1.807) is 12.1 Å². The molecule has 1 saturated heterocycles. The highest BCUT2D eigenvalue weighted by molar-refractivity contribution is 5.91. The summed E-state index contributed by atoms with van der Waals surface area (Å²) in [6.45, 7) is 4.44. The summed E-state index contributed by atoms with van der Waals surface area (Å²) in [7, 11) is 0. The third-order valence-corrected chi connectivity index (χ3v) is 4.88. The lowest BCUT2D eigenvalue weighted by Crippen LogP contribution is -2.47. The maximum Gasteiger partial charge on any atom is 0.231 e. The molecule has 2 aromatic carbocycles. The van der Waals surface area contributed by atoms with Crippen molar-refractivity contribution in [2.45, 2.75) is 6.42 Å². The van der Waals surface area contributed by atoms with Crippen molar-refractivity contribution >= 4 is 17.3 Å². The van der Waals surface area contributed by atoms with E-state index >= 15 is 0 Å². The quantitative estimate of drug-likeness (QED) is 0.876. The number of anilines is 2. The van der Waals surface area contributed by atoms with Crippen LogP contribution in [0.25, 0.3) is 0 Å². The van der Waals surface area contributed by atoms with E-state index in [4.69, 9.17) is 9.47 Å². The van der Waals surface area contributed by atoms with E-state index in [1.807, 2.05) is 18.2 Å². The van der Waals surface area contributed by atoms with Crippen LogP contribution < -0.4 is 19.7 Å². The normalized spacial score (nSPS) is 16.4. The summed E-state index contributed by atoms with van der Waals surface area (Å²) in [5, 5.41) is 2.90. The fraction of sp³-hybridized carbons (Fsp3) is 0.350. The van der Waals surface area contributed by atoms with E-state index < -0.39 is 0 Å². The summed E-state index contributed by atoms with van der Waals surface area (Å²) >= 11 is 0. The molecule has 0 aromatic heterocycles. The van der Waals surface area contributed by atoms with Crippen molar-refractivity contribution in [3.63, 3.8) is 0 Å². The molecule has 0 unspecified atom stereocenters. The van der Waals surface area contributed by atoms with Crippen molar-refractivity contribution in [3.05, 3.63) is 48.3 Å². The van der Waals surface area contributed by atoms with Crippen molar-refractivity contribution in [2.75, 3.05) is 49.7 Å².